The van der Waals surface area contributed by atoms with Crippen molar-refractivity contribution in [1.29, 1.82) is 0 Å². The molecule has 0 saturated carbocycles. The van der Waals surface area contributed by atoms with Gasteiger partial charge in [-0.2, -0.15) is 0 Å². The molecule has 1 amide bonds. The highest BCUT2D eigenvalue weighted by molar-refractivity contribution is 9.10. The van der Waals surface area contributed by atoms with Crippen molar-refractivity contribution in [1.82, 2.24) is 9.88 Å². The molecular weight excluding hydrogens is 308 g/mol. The van der Waals surface area contributed by atoms with Gasteiger partial charge in [0.05, 0.1) is 11.1 Å². The van der Waals surface area contributed by atoms with Crippen molar-refractivity contribution >= 4 is 21.8 Å². The zero-order valence-corrected chi connectivity index (χ0v) is 14.0. The molecule has 19 heavy (non-hydrogen) atoms. The van der Waals surface area contributed by atoms with Gasteiger partial charge in [0.15, 0.2) is 0 Å². The van der Waals surface area contributed by atoms with E-state index in [1.54, 1.807) is 19.9 Å². The Morgan fingerprint density at radius 1 is 1.37 bits per heavy atom. The zero-order chi connectivity index (χ0) is 15.0. The molecule has 0 spiro atoms. The second-order valence-electron chi connectivity index (χ2n) is 6.18. The van der Waals surface area contributed by atoms with Crippen molar-refractivity contribution in [3.05, 3.63) is 22.4 Å². The van der Waals surface area contributed by atoms with Crippen LogP contribution in [0.15, 0.2) is 16.7 Å². The van der Waals surface area contributed by atoms with Gasteiger partial charge >= 0.3 is 0 Å². The minimum absolute atomic E-state index is 0.188. The maximum atomic E-state index is 12.4. The SMILES string of the molecule is CC(C)n1cc(Br)cc1C(=O)NC(C)(C)C(C)(C)O. The van der Waals surface area contributed by atoms with Crippen LogP contribution in [0.25, 0.3) is 0 Å². The Balaban J connectivity index is 3.03. The molecule has 0 fully saturated rings. The minimum atomic E-state index is -1.00. The Hall–Kier alpha value is -0.810. The van der Waals surface area contributed by atoms with Gasteiger partial charge in [0.1, 0.15) is 5.69 Å². The van der Waals surface area contributed by atoms with E-state index in [9.17, 15) is 9.90 Å². The van der Waals surface area contributed by atoms with Crippen LogP contribution >= 0.6 is 15.9 Å². The standard InChI is InChI=1S/C14H23BrN2O2/c1-9(2)17-8-10(15)7-11(17)12(18)16-13(3,4)14(5,6)19/h7-9,19H,1-6H3,(H,16,18). The topological polar surface area (TPSA) is 54.3 Å². The molecule has 0 aliphatic carbocycles. The largest absolute Gasteiger partial charge is 0.388 e. The lowest BCUT2D eigenvalue weighted by atomic mass is 9.86. The highest BCUT2D eigenvalue weighted by atomic mass is 79.9. The van der Waals surface area contributed by atoms with Gasteiger partial charge in [-0.05, 0) is 63.5 Å². The number of aromatic nitrogens is 1. The molecule has 2 N–H and O–H groups in total. The van der Waals surface area contributed by atoms with Crippen LogP contribution in [0.1, 0.15) is 58.1 Å². The van der Waals surface area contributed by atoms with E-state index in [4.69, 9.17) is 0 Å². The van der Waals surface area contributed by atoms with Crippen molar-refractivity contribution in [2.24, 2.45) is 0 Å². The zero-order valence-electron chi connectivity index (χ0n) is 12.4. The lowest BCUT2D eigenvalue weighted by molar-refractivity contribution is -0.00311. The fourth-order valence-electron chi connectivity index (χ4n) is 1.56. The molecule has 0 radical (unpaired) electrons. The number of carbonyl (C=O) groups excluding carboxylic acids is 1. The van der Waals surface area contributed by atoms with Crippen LogP contribution in [-0.2, 0) is 0 Å². The summed E-state index contributed by atoms with van der Waals surface area (Å²) >= 11 is 3.39. The summed E-state index contributed by atoms with van der Waals surface area (Å²) in [5.74, 6) is -0.188. The monoisotopic (exact) mass is 330 g/mol. The first-order valence-corrected chi connectivity index (χ1v) is 7.17. The van der Waals surface area contributed by atoms with Crippen molar-refractivity contribution in [3.8, 4) is 0 Å². The quantitative estimate of drug-likeness (QED) is 0.891. The predicted octanol–water partition coefficient (Wildman–Crippen LogP) is 3.11. The number of amides is 1. The van der Waals surface area contributed by atoms with E-state index in [0.717, 1.165) is 4.47 Å². The summed E-state index contributed by atoms with van der Waals surface area (Å²) in [5, 5.41) is 13.0. The van der Waals surface area contributed by atoms with Gasteiger partial charge in [-0.3, -0.25) is 4.79 Å². The Morgan fingerprint density at radius 2 is 1.89 bits per heavy atom. The molecule has 108 valence electrons. The Bertz CT molecular complexity index is 470. The summed E-state index contributed by atoms with van der Waals surface area (Å²) in [7, 11) is 0. The summed E-state index contributed by atoms with van der Waals surface area (Å²) < 4.78 is 2.77. The van der Waals surface area contributed by atoms with Gasteiger partial charge in [-0.15, -0.1) is 0 Å². The third kappa shape index (κ3) is 3.60. The van der Waals surface area contributed by atoms with Crippen LogP contribution in [0, 0.1) is 0 Å². The van der Waals surface area contributed by atoms with Crippen molar-refractivity contribution in [2.75, 3.05) is 0 Å². The van der Waals surface area contributed by atoms with E-state index < -0.39 is 11.1 Å². The Kier molecular flexibility index (Phi) is 4.52. The van der Waals surface area contributed by atoms with E-state index in [1.807, 2.05) is 38.5 Å². The van der Waals surface area contributed by atoms with Crippen LogP contribution in [0.2, 0.25) is 0 Å². The molecule has 1 aromatic rings. The van der Waals surface area contributed by atoms with E-state index in [-0.39, 0.29) is 11.9 Å². The summed E-state index contributed by atoms with van der Waals surface area (Å²) in [6.07, 6.45) is 1.89. The summed E-state index contributed by atoms with van der Waals surface area (Å²) in [4.78, 5) is 12.4. The average molecular weight is 331 g/mol. The number of aliphatic hydroxyl groups is 1. The third-order valence-corrected chi connectivity index (χ3v) is 3.99. The number of nitrogens with one attached hydrogen (secondary N) is 1. The van der Waals surface area contributed by atoms with E-state index in [1.165, 1.54) is 0 Å². The number of nitrogens with zero attached hydrogens (tertiary/aromatic N) is 1. The molecule has 0 aromatic carbocycles. The molecule has 1 rings (SSSR count). The van der Waals surface area contributed by atoms with E-state index >= 15 is 0 Å². The molecular formula is C14H23BrN2O2. The molecule has 0 atom stereocenters. The fraction of sp³-hybridized carbons (Fsp3) is 0.643. The summed E-state index contributed by atoms with van der Waals surface area (Å²) in [6, 6.07) is 1.98. The maximum Gasteiger partial charge on any atom is 0.268 e. The average Bonchev–Trinajstić information content (AvgIpc) is 2.58. The maximum absolute atomic E-state index is 12.4. The Labute approximate surface area is 123 Å². The van der Waals surface area contributed by atoms with Crippen LogP contribution < -0.4 is 5.32 Å². The van der Waals surface area contributed by atoms with Crippen LogP contribution in [0.5, 0.6) is 0 Å². The second-order valence-corrected chi connectivity index (χ2v) is 7.10. The van der Waals surface area contributed by atoms with E-state index in [0.29, 0.717) is 5.69 Å². The molecule has 0 aliphatic rings. The number of halogens is 1. The minimum Gasteiger partial charge on any atom is -0.388 e. The number of hydrogen-bond acceptors (Lipinski definition) is 2. The molecule has 1 heterocycles. The van der Waals surface area contributed by atoms with Crippen molar-refractivity contribution in [3.63, 3.8) is 0 Å². The van der Waals surface area contributed by atoms with Crippen LogP contribution in [0.4, 0.5) is 0 Å². The van der Waals surface area contributed by atoms with Crippen molar-refractivity contribution in [2.45, 2.75) is 58.7 Å². The van der Waals surface area contributed by atoms with Gasteiger partial charge in [-0.1, -0.05) is 0 Å². The first-order chi connectivity index (χ1) is 8.45. The molecule has 0 unspecified atom stereocenters. The van der Waals surface area contributed by atoms with Crippen LogP contribution in [0.3, 0.4) is 0 Å². The predicted molar refractivity (Wildman–Crippen MR) is 80.4 cm³/mol. The molecule has 4 nitrogen and oxygen atoms in total. The lowest BCUT2D eigenvalue weighted by Crippen LogP contribution is -2.57. The van der Waals surface area contributed by atoms with Gasteiger partial charge in [-0.25, -0.2) is 0 Å². The number of hydrogen-bond donors (Lipinski definition) is 2. The first-order valence-electron chi connectivity index (χ1n) is 6.38. The highest BCUT2D eigenvalue weighted by Gasteiger charge is 2.37. The summed E-state index contributed by atoms with van der Waals surface area (Å²) in [6.45, 7) is 11.0. The number of rotatable bonds is 4. The molecule has 1 aromatic heterocycles. The molecule has 0 aliphatic heterocycles. The first kappa shape index (κ1) is 16.2. The number of carbonyl (C=O) groups is 1. The summed E-state index contributed by atoms with van der Waals surface area (Å²) in [5.41, 5.74) is -1.14. The fourth-order valence-corrected chi connectivity index (χ4v) is 1.99. The van der Waals surface area contributed by atoms with Crippen molar-refractivity contribution < 1.29 is 9.90 Å². The lowest BCUT2D eigenvalue weighted by Gasteiger charge is -2.38. The smallest absolute Gasteiger partial charge is 0.268 e. The van der Waals surface area contributed by atoms with Gasteiger partial charge in [0, 0.05) is 16.7 Å². The van der Waals surface area contributed by atoms with Crippen LogP contribution in [-0.4, -0.2) is 26.7 Å². The van der Waals surface area contributed by atoms with Gasteiger partial charge in [0.2, 0.25) is 0 Å². The van der Waals surface area contributed by atoms with Gasteiger partial charge in [0.25, 0.3) is 5.91 Å². The molecule has 5 heteroatoms. The highest BCUT2D eigenvalue weighted by Crippen LogP contribution is 2.23. The van der Waals surface area contributed by atoms with Gasteiger partial charge < -0.3 is 15.0 Å². The Morgan fingerprint density at radius 3 is 2.32 bits per heavy atom. The molecule has 0 saturated heterocycles. The molecule has 0 bridgehead atoms. The van der Waals surface area contributed by atoms with E-state index in [2.05, 4.69) is 21.2 Å². The third-order valence-electron chi connectivity index (χ3n) is 3.56. The second kappa shape index (κ2) is 5.29. The normalized spacial score (nSPS) is 12.9.